The minimum atomic E-state index is -0.859. The predicted molar refractivity (Wildman–Crippen MR) is 145 cm³/mol. The maximum atomic E-state index is 13.1. The maximum absolute atomic E-state index is 13.1. The molecule has 2 aliphatic rings. The van der Waals surface area contributed by atoms with Gasteiger partial charge in [0.25, 0.3) is 0 Å². The van der Waals surface area contributed by atoms with E-state index in [-0.39, 0.29) is 30.1 Å². The smallest absolute Gasteiger partial charge is 0.358 e. The van der Waals surface area contributed by atoms with Gasteiger partial charge in [-0.25, -0.2) is 4.79 Å². The molecule has 212 valence electrons. The number of ether oxygens (including phenoxy) is 2. The standard InChI is InChI=1S/C29H34N4O7/c1-17(34)24-22-12-21(25(33(22)26(24)36)27(37)39-16-40-28(38)29(2,3)4)19-9-7-18(8-10-19)13-31-15-23(35)32-20-6-5-11-30-14-20/h5-11,14,17,22,24,31,34H,12-13,15-16H2,1-4H3,(H,32,35)/t17-,22-,24-/m1/s1. The highest BCUT2D eigenvalue weighted by molar-refractivity contribution is 6.06. The van der Waals surface area contributed by atoms with Gasteiger partial charge in [0.2, 0.25) is 18.6 Å². The van der Waals surface area contributed by atoms with E-state index in [1.165, 1.54) is 4.90 Å². The van der Waals surface area contributed by atoms with Gasteiger partial charge in [-0.3, -0.25) is 19.4 Å². The number of fused-ring (bicyclic) bond motifs is 1. The van der Waals surface area contributed by atoms with Gasteiger partial charge in [-0.05, 0) is 62.9 Å². The van der Waals surface area contributed by atoms with E-state index in [1.807, 2.05) is 24.3 Å². The van der Waals surface area contributed by atoms with Gasteiger partial charge in [0.15, 0.2) is 0 Å². The van der Waals surface area contributed by atoms with Crippen LogP contribution in [0.1, 0.15) is 45.2 Å². The van der Waals surface area contributed by atoms with Crippen LogP contribution in [0, 0.1) is 11.3 Å². The van der Waals surface area contributed by atoms with Crippen LogP contribution in [-0.2, 0) is 35.2 Å². The van der Waals surface area contributed by atoms with Crippen molar-refractivity contribution < 1.29 is 33.8 Å². The first kappa shape index (κ1) is 28.9. The second-order valence-electron chi connectivity index (χ2n) is 10.9. The number of anilines is 1. The molecule has 1 aromatic carbocycles. The summed E-state index contributed by atoms with van der Waals surface area (Å²) in [5, 5.41) is 16.0. The summed E-state index contributed by atoms with van der Waals surface area (Å²) in [4.78, 5) is 55.4. The first-order chi connectivity index (χ1) is 19.0. The normalized spacial score (nSPS) is 19.0. The first-order valence-electron chi connectivity index (χ1n) is 13.1. The number of aromatic nitrogens is 1. The Morgan fingerprint density at radius 3 is 2.50 bits per heavy atom. The van der Waals surface area contributed by atoms with Crippen LogP contribution in [0.3, 0.4) is 0 Å². The van der Waals surface area contributed by atoms with Crippen molar-refractivity contribution in [1.82, 2.24) is 15.2 Å². The molecule has 2 aromatic rings. The molecule has 1 fully saturated rings. The number of hydrogen-bond acceptors (Lipinski definition) is 9. The zero-order valence-corrected chi connectivity index (χ0v) is 23.0. The lowest BCUT2D eigenvalue weighted by molar-refractivity contribution is -0.175. The minimum Gasteiger partial charge on any atom is -0.427 e. The Hall–Kier alpha value is -4.09. The molecule has 0 spiro atoms. The molecule has 3 N–H and O–H groups in total. The molecule has 1 saturated heterocycles. The van der Waals surface area contributed by atoms with E-state index in [4.69, 9.17) is 9.47 Å². The number of rotatable bonds is 10. The van der Waals surface area contributed by atoms with E-state index < -0.39 is 36.2 Å². The van der Waals surface area contributed by atoms with Crippen LogP contribution < -0.4 is 10.6 Å². The molecule has 0 unspecified atom stereocenters. The Labute approximate surface area is 232 Å². The molecule has 0 saturated carbocycles. The third-order valence-electron chi connectivity index (χ3n) is 6.78. The van der Waals surface area contributed by atoms with Crippen LogP contribution in [0.25, 0.3) is 5.57 Å². The molecule has 3 atom stereocenters. The molecule has 3 heterocycles. The zero-order valence-electron chi connectivity index (χ0n) is 23.0. The van der Waals surface area contributed by atoms with Gasteiger partial charge in [-0.2, -0.15) is 0 Å². The third-order valence-corrected chi connectivity index (χ3v) is 6.78. The van der Waals surface area contributed by atoms with Gasteiger partial charge in [0, 0.05) is 12.7 Å². The van der Waals surface area contributed by atoms with Gasteiger partial charge in [0.05, 0.1) is 41.9 Å². The Kier molecular flexibility index (Phi) is 8.65. The summed E-state index contributed by atoms with van der Waals surface area (Å²) in [7, 11) is 0. The topological polar surface area (TPSA) is 147 Å². The van der Waals surface area contributed by atoms with E-state index in [9.17, 15) is 24.3 Å². The SMILES string of the molecule is C[C@@H](O)[C@H]1C(=O)N2C(C(=O)OCOC(=O)C(C)(C)C)=C(c3ccc(CNCC(=O)Nc4cccnc4)cc3)C[C@H]12. The largest absolute Gasteiger partial charge is 0.427 e. The molecule has 2 aliphatic heterocycles. The van der Waals surface area contributed by atoms with Crippen molar-refractivity contribution in [2.45, 2.75) is 52.8 Å². The number of carbonyl (C=O) groups excluding carboxylic acids is 4. The molecule has 0 bridgehead atoms. The van der Waals surface area contributed by atoms with Gasteiger partial charge in [0.1, 0.15) is 5.70 Å². The monoisotopic (exact) mass is 550 g/mol. The number of nitrogens with one attached hydrogen (secondary N) is 2. The predicted octanol–water partition coefficient (Wildman–Crippen LogP) is 2.22. The molecule has 4 rings (SSSR count). The Morgan fingerprint density at radius 2 is 1.88 bits per heavy atom. The highest BCUT2D eigenvalue weighted by atomic mass is 16.7. The van der Waals surface area contributed by atoms with Crippen LogP contribution in [-0.4, -0.2) is 64.2 Å². The Balaban J connectivity index is 1.42. The maximum Gasteiger partial charge on any atom is 0.358 e. The zero-order chi connectivity index (χ0) is 29.0. The second-order valence-corrected chi connectivity index (χ2v) is 10.9. The van der Waals surface area contributed by atoms with Crippen molar-refractivity contribution in [1.29, 1.82) is 0 Å². The first-order valence-corrected chi connectivity index (χ1v) is 13.1. The summed E-state index contributed by atoms with van der Waals surface area (Å²) in [5.74, 6) is -2.45. The molecular weight excluding hydrogens is 516 g/mol. The Bertz CT molecular complexity index is 1300. The van der Waals surface area contributed by atoms with Crippen molar-refractivity contribution in [3.05, 3.63) is 65.6 Å². The lowest BCUT2D eigenvalue weighted by Crippen LogP contribution is -2.61. The number of pyridine rings is 1. The number of benzene rings is 1. The average Bonchev–Trinajstić information content (AvgIpc) is 3.23. The quantitative estimate of drug-likeness (QED) is 0.230. The molecular formula is C29H34N4O7. The van der Waals surface area contributed by atoms with Crippen LogP contribution in [0.4, 0.5) is 5.69 Å². The minimum absolute atomic E-state index is 0.0941. The average molecular weight is 551 g/mol. The highest BCUT2D eigenvalue weighted by Gasteiger charge is 2.57. The van der Waals surface area contributed by atoms with E-state index in [0.29, 0.717) is 24.2 Å². The van der Waals surface area contributed by atoms with Gasteiger partial charge >= 0.3 is 11.9 Å². The third kappa shape index (κ3) is 6.37. The lowest BCUT2D eigenvalue weighted by Gasteiger charge is -2.44. The van der Waals surface area contributed by atoms with E-state index in [0.717, 1.165) is 11.1 Å². The number of hydrogen-bond donors (Lipinski definition) is 3. The van der Waals surface area contributed by atoms with Crippen molar-refractivity contribution in [3.8, 4) is 0 Å². The summed E-state index contributed by atoms with van der Waals surface area (Å²) in [6.45, 7) is 6.58. The van der Waals surface area contributed by atoms with Crippen molar-refractivity contribution in [2.24, 2.45) is 11.3 Å². The molecule has 0 aliphatic carbocycles. The van der Waals surface area contributed by atoms with Gasteiger partial charge in [-0.15, -0.1) is 0 Å². The number of nitrogens with zero attached hydrogens (tertiary/aromatic N) is 2. The number of carbonyl (C=O) groups is 4. The fraction of sp³-hybridized carbons (Fsp3) is 0.414. The fourth-order valence-electron chi connectivity index (χ4n) is 4.72. The number of aliphatic hydroxyl groups is 1. The molecule has 0 radical (unpaired) electrons. The lowest BCUT2D eigenvalue weighted by atomic mass is 9.82. The van der Waals surface area contributed by atoms with Crippen molar-refractivity contribution in [2.75, 3.05) is 18.7 Å². The number of aliphatic hydroxyl groups excluding tert-OH is 1. The summed E-state index contributed by atoms with van der Waals surface area (Å²) in [6, 6.07) is 10.5. The molecule has 11 nitrogen and oxygen atoms in total. The Morgan fingerprint density at radius 1 is 1.15 bits per heavy atom. The molecule has 1 aromatic heterocycles. The summed E-state index contributed by atoms with van der Waals surface area (Å²) in [6.07, 6.45) is 2.71. The number of amides is 2. The number of β-lactam (4-membered cyclic amide) rings is 1. The fourth-order valence-corrected chi connectivity index (χ4v) is 4.72. The van der Waals surface area contributed by atoms with Crippen molar-refractivity contribution in [3.63, 3.8) is 0 Å². The second kappa shape index (κ2) is 12.0. The van der Waals surface area contributed by atoms with Crippen molar-refractivity contribution >= 4 is 35.0 Å². The van der Waals surface area contributed by atoms with Gasteiger partial charge < -0.3 is 30.1 Å². The van der Waals surface area contributed by atoms with Crippen LogP contribution in [0.2, 0.25) is 0 Å². The highest BCUT2D eigenvalue weighted by Crippen LogP contribution is 2.47. The van der Waals surface area contributed by atoms with Gasteiger partial charge in [-0.1, -0.05) is 24.3 Å². The number of esters is 2. The summed E-state index contributed by atoms with van der Waals surface area (Å²) < 4.78 is 10.3. The molecule has 40 heavy (non-hydrogen) atoms. The van der Waals surface area contributed by atoms with E-state index in [2.05, 4.69) is 15.6 Å². The van der Waals surface area contributed by atoms with Crippen LogP contribution in [0.5, 0.6) is 0 Å². The van der Waals surface area contributed by atoms with E-state index in [1.54, 1.807) is 52.2 Å². The molecule has 2 amide bonds. The van der Waals surface area contributed by atoms with Crippen LogP contribution >= 0.6 is 0 Å². The molecule has 11 heteroatoms. The summed E-state index contributed by atoms with van der Waals surface area (Å²) in [5.41, 5.74) is 2.21. The van der Waals surface area contributed by atoms with Crippen LogP contribution in [0.15, 0.2) is 54.5 Å². The van der Waals surface area contributed by atoms with E-state index >= 15 is 0 Å². The summed E-state index contributed by atoms with van der Waals surface area (Å²) >= 11 is 0.